The highest BCUT2D eigenvalue weighted by Gasteiger charge is 2.32. The van der Waals surface area contributed by atoms with E-state index in [2.05, 4.69) is 0 Å². The maximum atomic E-state index is 12.5. The Balaban J connectivity index is 2.15. The molecule has 1 aliphatic heterocycles. The van der Waals surface area contributed by atoms with E-state index in [9.17, 15) is 18.0 Å². The number of hydrogen-bond acceptors (Lipinski definition) is 3. The Bertz CT molecular complexity index is 502. The molecule has 0 bridgehead atoms. The highest BCUT2D eigenvalue weighted by Crippen LogP contribution is 2.29. The van der Waals surface area contributed by atoms with Crippen molar-refractivity contribution in [3.8, 4) is 0 Å². The van der Waals surface area contributed by atoms with E-state index in [1.165, 1.54) is 12.1 Å². The molecule has 7 heteroatoms. The van der Waals surface area contributed by atoms with Gasteiger partial charge in [0.2, 0.25) is 0 Å². The monoisotopic (exact) mass is 302 g/mol. The van der Waals surface area contributed by atoms with E-state index in [-0.39, 0.29) is 23.6 Å². The van der Waals surface area contributed by atoms with Gasteiger partial charge in [0.25, 0.3) is 5.91 Å². The second-order valence-corrected chi connectivity index (χ2v) is 5.07. The molecule has 4 nitrogen and oxygen atoms in total. The third-order valence-corrected chi connectivity index (χ3v) is 3.49. The van der Waals surface area contributed by atoms with Gasteiger partial charge in [-0.05, 0) is 31.2 Å². The van der Waals surface area contributed by atoms with Gasteiger partial charge >= 0.3 is 6.18 Å². The van der Waals surface area contributed by atoms with Crippen LogP contribution in [0.1, 0.15) is 22.8 Å². The Morgan fingerprint density at radius 2 is 2.00 bits per heavy atom. The predicted octanol–water partition coefficient (Wildman–Crippen LogP) is 1.89. The van der Waals surface area contributed by atoms with Crippen molar-refractivity contribution in [3.05, 3.63) is 35.4 Å². The number of hydrogen-bond donors (Lipinski definition) is 1. The van der Waals surface area contributed by atoms with E-state index in [1.54, 1.807) is 4.90 Å². The van der Waals surface area contributed by atoms with Gasteiger partial charge in [0.15, 0.2) is 0 Å². The van der Waals surface area contributed by atoms with Crippen molar-refractivity contribution in [3.63, 3.8) is 0 Å². The van der Waals surface area contributed by atoms with Gasteiger partial charge in [-0.1, -0.05) is 0 Å². The fourth-order valence-corrected chi connectivity index (χ4v) is 2.21. The number of halogens is 3. The van der Waals surface area contributed by atoms with Crippen LogP contribution in [0, 0.1) is 0 Å². The molecule has 2 unspecified atom stereocenters. The summed E-state index contributed by atoms with van der Waals surface area (Å²) in [5.41, 5.74) is 4.99. The summed E-state index contributed by atoms with van der Waals surface area (Å²) in [6.07, 6.45) is -4.64. The van der Waals surface area contributed by atoms with Crippen LogP contribution in [0.3, 0.4) is 0 Å². The Labute approximate surface area is 120 Å². The summed E-state index contributed by atoms with van der Waals surface area (Å²) in [7, 11) is 0. The van der Waals surface area contributed by atoms with Crippen LogP contribution in [0.25, 0.3) is 0 Å². The minimum Gasteiger partial charge on any atom is -0.373 e. The average Bonchev–Trinajstić information content (AvgIpc) is 2.46. The Hall–Kier alpha value is -1.60. The molecule has 2 rings (SSSR count). The van der Waals surface area contributed by atoms with Crippen LogP contribution < -0.4 is 5.73 Å². The molecule has 1 amide bonds. The van der Waals surface area contributed by atoms with E-state index in [1.807, 2.05) is 6.92 Å². The smallest absolute Gasteiger partial charge is 0.373 e. The van der Waals surface area contributed by atoms with Gasteiger partial charge in [-0.25, -0.2) is 0 Å². The van der Waals surface area contributed by atoms with Gasteiger partial charge in [0.1, 0.15) is 0 Å². The standard InChI is InChI=1S/C14H17F3N2O2/c1-9-8-21-12(6-18)7-19(9)13(20)10-2-4-11(5-3-10)14(15,16)17/h2-5,9,12H,6-8,18H2,1H3. The SMILES string of the molecule is CC1COC(CN)CN1C(=O)c1ccc(C(F)(F)F)cc1. The third kappa shape index (κ3) is 3.54. The van der Waals surface area contributed by atoms with Gasteiger partial charge in [-0.15, -0.1) is 0 Å². The van der Waals surface area contributed by atoms with E-state index < -0.39 is 11.7 Å². The normalized spacial score (nSPS) is 23.2. The Morgan fingerprint density at radius 3 is 2.52 bits per heavy atom. The fraction of sp³-hybridized carbons (Fsp3) is 0.500. The summed E-state index contributed by atoms with van der Waals surface area (Å²) < 4.78 is 43.0. The highest BCUT2D eigenvalue weighted by molar-refractivity contribution is 5.94. The molecule has 0 radical (unpaired) electrons. The first-order chi connectivity index (χ1) is 9.82. The molecule has 1 aromatic rings. The van der Waals surface area contributed by atoms with Crippen LogP contribution in [0.15, 0.2) is 24.3 Å². The zero-order chi connectivity index (χ0) is 15.6. The first-order valence-corrected chi connectivity index (χ1v) is 6.63. The number of nitrogens with zero attached hydrogens (tertiary/aromatic N) is 1. The van der Waals surface area contributed by atoms with E-state index >= 15 is 0 Å². The second kappa shape index (κ2) is 6.03. The number of carbonyl (C=O) groups excluding carboxylic acids is 1. The number of morpholine rings is 1. The van der Waals surface area contributed by atoms with Crippen LogP contribution in [0.5, 0.6) is 0 Å². The van der Waals surface area contributed by atoms with Crippen LogP contribution in [-0.2, 0) is 10.9 Å². The molecule has 2 atom stereocenters. The lowest BCUT2D eigenvalue weighted by Crippen LogP contribution is -2.52. The van der Waals surface area contributed by atoms with Crippen molar-refractivity contribution in [2.24, 2.45) is 5.73 Å². The number of benzene rings is 1. The van der Waals surface area contributed by atoms with Crippen molar-refractivity contribution in [2.75, 3.05) is 19.7 Å². The number of rotatable bonds is 2. The fourth-order valence-electron chi connectivity index (χ4n) is 2.21. The molecule has 1 saturated heterocycles. The lowest BCUT2D eigenvalue weighted by atomic mass is 10.1. The number of alkyl halides is 3. The number of nitrogens with two attached hydrogens (primary N) is 1. The van der Waals surface area contributed by atoms with E-state index in [4.69, 9.17) is 10.5 Å². The lowest BCUT2D eigenvalue weighted by Gasteiger charge is -2.37. The van der Waals surface area contributed by atoms with E-state index in [0.29, 0.717) is 19.7 Å². The molecular formula is C14H17F3N2O2. The van der Waals surface area contributed by atoms with Crippen molar-refractivity contribution >= 4 is 5.91 Å². The summed E-state index contributed by atoms with van der Waals surface area (Å²) in [5.74, 6) is -0.307. The topological polar surface area (TPSA) is 55.6 Å². The number of ether oxygens (including phenoxy) is 1. The van der Waals surface area contributed by atoms with Gasteiger partial charge in [0, 0.05) is 18.7 Å². The molecule has 116 valence electrons. The summed E-state index contributed by atoms with van der Waals surface area (Å²) in [6, 6.07) is 4.09. The van der Waals surface area contributed by atoms with Crippen molar-refractivity contribution < 1.29 is 22.7 Å². The van der Waals surface area contributed by atoms with Gasteiger partial charge in [-0.2, -0.15) is 13.2 Å². The zero-order valence-electron chi connectivity index (χ0n) is 11.6. The predicted molar refractivity (Wildman–Crippen MR) is 70.7 cm³/mol. The Kier molecular flexibility index (Phi) is 4.53. The minimum atomic E-state index is -4.40. The van der Waals surface area contributed by atoms with Gasteiger partial charge < -0.3 is 15.4 Å². The van der Waals surface area contributed by atoms with Crippen molar-refractivity contribution in [2.45, 2.75) is 25.2 Å². The quantitative estimate of drug-likeness (QED) is 0.907. The van der Waals surface area contributed by atoms with Gasteiger partial charge in [-0.3, -0.25) is 4.79 Å². The molecule has 0 spiro atoms. The van der Waals surface area contributed by atoms with Gasteiger partial charge in [0.05, 0.1) is 24.3 Å². The third-order valence-electron chi connectivity index (χ3n) is 3.49. The maximum Gasteiger partial charge on any atom is 0.416 e. The first kappa shape index (κ1) is 15.8. The van der Waals surface area contributed by atoms with Crippen LogP contribution in [-0.4, -0.2) is 42.6 Å². The highest BCUT2D eigenvalue weighted by atomic mass is 19.4. The second-order valence-electron chi connectivity index (χ2n) is 5.07. The molecule has 1 aromatic carbocycles. The van der Waals surface area contributed by atoms with Crippen molar-refractivity contribution in [1.82, 2.24) is 4.90 Å². The maximum absolute atomic E-state index is 12.5. The molecule has 2 N–H and O–H groups in total. The zero-order valence-corrected chi connectivity index (χ0v) is 11.6. The number of carbonyl (C=O) groups is 1. The molecule has 0 aliphatic carbocycles. The number of amides is 1. The lowest BCUT2D eigenvalue weighted by molar-refractivity contribution is -0.137. The average molecular weight is 302 g/mol. The minimum absolute atomic E-state index is 0.136. The van der Waals surface area contributed by atoms with E-state index in [0.717, 1.165) is 12.1 Å². The molecule has 0 saturated carbocycles. The van der Waals surface area contributed by atoms with Crippen LogP contribution in [0.4, 0.5) is 13.2 Å². The summed E-state index contributed by atoms with van der Waals surface area (Å²) in [4.78, 5) is 14.0. The largest absolute Gasteiger partial charge is 0.416 e. The molecule has 1 fully saturated rings. The first-order valence-electron chi connectivity index (χ1n) is 6.63. The summed E-state index contributed by atoms with van der Waals surface area (Å²) in [5, 5.41) is 0. The van der Waals surface area contributed by atoms with Crippen LogP contribution in [0.2, 0.25) is 0 Å². The summed E-state index contributed by atoms with van der Waals surface area (Å²) >= 11 is 0. The molecule has 1 aliphatic rings. The van der Waals surface area contributed by atoms with Crippen LogP contribution >= 0.6 is 0 Å². The van der Waals surface area contributed by atoms with Crippen molar-refractivity contribution in [1.29, 1.82) is 0 Å². The molecule has 1 heterocycles. The Morgan fingerprint density at radius 1 is 1.38 bits per heavy atom. The molecule has 0 aromatic heterocycles. The molecular weight excluding hydrogens is 285 g/mol. The summed E-state index contributed by atoms with van der Waals surface area (Å²) in [6.45, 7) is 2.84. The molecule has 21 heavy (non-hydrogen) atoms.